The summed E-state index contributed by atoms with van der Waals surface area (Å²) in [6.45, 7) is 0.0533. The molecule has 142 valence electrons. The summed E-state index contributed by atoms with van der Waals surface area (Å²) in [5.41, 5.74) is 3.47. The zero-order chi connectivity index (χ0) is 19.3. The first-order chi connectivity index (χ1) is 13.6. The van der Waals surface area contributed by atoms with Crippen molar-refractivity contribution in [3.05, 3.63) is 56.6 Å². The van der Waals surface area contributed by atoms with Crippen LogP contribution in [0.15, 0.2) is 46.8 Å². The summed E-state index contributed by atoms with van der Waals surface area (Å²) in [5.74, 6) is 0.549. The SMILES string of the molecule is O=C1COc2ccc(-c3csc(=Nc4ccc(Cl)cc4Cl)n3C3CC3)cc2N1. The molecule has 1 N–H and O–H groups in total. The highest BCUT2D eigenvalue weighted by Gasteiger charge is 2.28. The maximum Gasteiger partial charge on any atom is 0.262 e. The van der Waals surface area contributed by atoms with E-state index in [1.54, 1.807) is 23.5 Å². The molecule has 1 aromatic heterocycles. The summed E-state index contributed by atoms with van der Waals surface area (Å²) in [7, 11) is 0. The molecular formula is C20H15Cl2N3O2S. The van der Waals surface area contributed by atoms with E-state index in [0.717, 1.165) is 28.9 Å². The average molecular weight is 432 g/mol. The van der Waals surface area contributed by atoms with Gasteiger partial charge < -0.3 is 14.6 Å². The summed E-state index contributed by atoms with van der Waals surface area (Å²) in [6.07, 6.45) is 2.24. The lowest BCUT2D eigenvalue weighted by Gasteiger charge is -2.19. The van der Waals surface area contributed by atoms with Gasteiger partial charge >= 0.3 is 0 Å². The first kappa shape index (κ1) is 17.8. The molecule has 5 rings (SSSR count). The van der Waals surface area contributed by atoms with Crippen molar-refractivity contribution in [2.24, 2.45) is 4.99 Å². The molecule has 8 heteroatoms. The van der Waals surface area contributed by atoms with Crippen LogP contribution in [-0.4, -0.2) is 17.1 Å². The van der Waals surface area contributed by atoms with E-state index in [4.69, 9.17) is 32.9 Å². The van der Waals surface area contributed by atoms with Gasteiger partial charge in [-0.3, -0.25) is 4.79 Å². The van der Waals surface area contributed by atoms with Crippen LogP contribution in [0, 0.1) is 0 Å². The molecule has 1 amide bonds. The number of hydrogen-bond donors (Lipinski definition) is 1. The van der Waals surface area contributed by atoms with Gasteiger partial charge in [-0.1, -0.05) is 23.2 Å². The molecule has 0 bridgehead atoms. The zero-order valence-electron chi connectivity index (χ0n) is 14.6. The van der Waals surface area contributed by atoms with Crippen LogP contribution in [0.4, 0.5) is 11.4 Å². The Kier molecular flexibility index (Phi) is 4.42. The van der Waals surface area contributed by atoms with Crippen molar-refractivity contribution < 1.29 is 9.53 Å². The van der Waals surface area contributed by atoms with Crippen molar-refractivity contribution in [1.29, 1.82) is 0 Å². The minimum Gasteiger partial charge on any atom is -0.482 e. The number of halogens is 2. The van der Waals surface area contributed by atoms with E-state index in [1.165, 1.54) is 0 Å². The number of thiazole rings is 1. The molecule has 1 fully saturated rings. The quantitative estimate of drug-likeness (QED) is 0.601. The Morgan fingerprint density at radius 2 is 2.04 bits per heavy atom. The minimum absolute atomic E-state index is 0.0533. The van der Waals surface area contributed by atoms with Crippen LogP contribution in [-0.2, 0) is 4.79 Å². The average Bonchev–Trinajstić information content (AvgIpc) is 3.43. The van der Waals surface area contributed by atoms with Gasteiger partial charge in [0.2, 0.25) is 0 Å². The second kappa shape index (κ2) is 6.95. The van der Waals surface area contributed by atoms with Gasteiger partial charge in [-0.2, -0.15) is 0 Å². The third kappa shape index (κ3) is 3.32. The van der Waals surface area contributed by atoms with Crippen molar-refractivity contribution in [3.63, 3.8) is 0 Å². The number of benzene rings is 2. The molecule has 1 aliphatic heterocycles. The van der Waals surface area contributed by atoms with Crippen molar-refractivity contribution in [3.8, 4) is 17.0 Å². The number of aromatic nitrogens is 1. The van der Waals surface area contributed by atoms with E-state index >= 15 is 0 Å². The molecule has 5 nitrogen and oxygen atoms in total. The van der Waals surface area contributed by atoms with E-state index < -0.39 is 0 Å². The molecule has 2 heterocycles. The van der Waals surface area contributed by atoms with Crippen molar-refractivity contribution in [2.75, 3.05) is 11.9 Å². The number of fused-ring (bicyclic) bond motifs is 1. The lowest BCUT2D eigenvalue weighted by Crippen LogP contribution is -2.25. The van der Waals surface area contributed by atoms with Gasteiger partial charge in [-0.05, 0) is 49.2 Å². The summed E-state index contributed by atoms with van der Waals surface area (Å²) >= 11 is 13.9. The first-order valence-corrected chi connectivity index (χ1v) is 10.5. The lowest BCUT2D eigenvalue weighted by atomic mass is 10.1. The highest BCUT2D eigenvalue weighted by atomic mass is 35.5. The van der Waals surface area contributed by atoms with Gasteiger partial charge in [0.25, 0.3) is 5.91 Å². The highest BCUT2D eigenvalue weighted by molar-refractivity contribution is 7.07. The van der Waals surface area contributed by atoms with Crippen LogP contribution in [0.25, 0.3) is 11.3 Å². The number of carbonyl (C=O) groups is 1. The molecule has 0 spiro atoms. The van der Waals surface area contributed by atoms with E-state index in [9.17, 15) is 4.79 Å². The third-order valence-electron chi connectivity index (χ3n) is 4.69. The van der Waals surface area contributed by atoms with Gasteiger partial charge in [0, 0.05) is 22.0 Å². The molecule has 3 aromatic rings. The van der Waals surface area contributed by atoms with Crippen LogP contribution in [0.3, 0.4) is 0 Å². The smallest absolute Gasteiger partial charge is 0.262 e. The van der Waals surface area contributed by atoms with E-state index in [2.05, 4.69) is 15.3 Å². The number of hydrogen-bond acceptors (Lipinski definition) is 4. The first-order valence-electron chi connectivity index (χ1n) is 8.85. The van der Waals surface area contributed by atoms with Crippen LogP contribution >= 0.6 is 34.5 Å². The van der Waals surface area contributed by atoms with Crippen molar-refractivity contribution in [1.82, 2.24) is 4.57 Å². The second-order valence-corrected chi connectivity index (χ2v) is 8.44. The van der Waals surface area contributed by atoms with Crippen molar-refractivity contribution >= 4 is 51.8 Å². The molecule has 2 aromatic carbocycles. The standard InChI is InChI=1S/C20H15Cl2N3O2S/c21-12-2-5-15(14(22)8-12)24-20-25(13-3-4-13)17(10-28-20)11-1-6-18-16(7-11)23-19(26)9-27-18/h1-2,5-8,10,13H,3-4,9H2,(H,23,26). The van der Waals surface area contributed by atoms with Crippen LogP contribution in [0.5, 0.6) is 5.75 Å². The van der Waals surface area contributed by atoms with Crippen LogP contribution in [0.1, 0.15) is 18.9 Å². The number of nitrogens with one attached hydrogen (secondary N) is 1. The normalized spacial score (nSPS) is 16.5. The third-order valence-corrected chi connectivity index (χ3v) is 6.07. The Hall–Kier alpha value is -2.28. The number of carbonyl (C=O) groups excluding carboxylic acids is 1. The van der Waals surface area contributed by atoms with E-state index in [1.807, 2.05) is 24.3 Å². The molecule has 2 aliphatic rings. The summed E-state index contributed by atoms with van der Waals surface area (Å²) in [5, 5.41) is 6.08. The number of rotatable bonds is 3. The number of amides is 1. The molecule has 0 saturated heterocycles. The fourth-order valence-corrected chi connectivity index (χ4v) is 4.64. The zero-order valence-corrected chi connectivity index (χ0v) is 16.9. The molecule has 0 unspecified atom stereocenters. The molecule has 0 radical (unpaired) electrons. The monoisotopic (exact) mass is 431 g/mol. The molecule has 1 saturated carbocycles. The van der Waals surface area contributed by atoms with Crippen LogP contribution < -0.4 is 14.9 Å². The predicted molar refractivity (Wildman–Crippen MR) is 112 cm³/mol. The Morgan fingerprint density at radius 1 is 1.18 bits per heavy atom. The number of ether oxygens (including phenoxy) is 1. The largest absolute Gasteiger partial charge is 0.482 e. The highest BCUT2D eigenvalue weighted by Crippen LogP contribution is 2.40. The molecule has 28 heavy (non-hydrogen) atoms. The summed E-state index contributed by atoms with van der Waals surface area (Å²) < 4.78 is 7.72. The maximum absolute atomic E-state index is 11.6. The Labute approximate surface area is 175 Å². The molecular weight excluding hydrogens is 417 g/mol. The fraction of sp³-hybridized carbons (Fsp3) is 0.200. The lowest BCUT2D eigenvalue weighted by molar-refractivity contribution is -0.118. The summed E-state index contributed by atoms with van der Waals surface area (Å²) in [4.78, 5) is 17.3. The van der Waals surface area contributed by atoms with Gasteiger partial charge in [-0.15, -0.1) is 11.3 Å². The van der Waals surface area contributed by atoms with Crippen molar-refractivity contribution in [2.45, 2.75) is 18.9 Å². The maximum atomic E-state index is 11.6. The van der Waals surface area contributed by atoms with Gasteiger partial charge in [-0.25, -0.2) is 4.99 Å². The Morgan fingerprint density at radius 3 is 2.82 bits per heavy atom. The summed E-state index contributed by atoms with van der Waals surface area (Å²) in [6, 6.07) is 11.6. The molecule has 1 aliphatic carbocycles. The van der Waals surface area contributed by atoms with E-state index in [-0.39, 0.29) is 12.5 Å². The van der Waals surface area contributed by atoms with Gasteiger partial charge in [0.05, 0.1) is 22.1 Å². The number of nitrogens with zero attached hydrogens (tertiary/aromatic N) is 2. The van der Waals surface area contributed by atoms with E-state index in [0.29, 0.717) is 33.2 Å². The Balaban J connectivity index is 1.61. The van der Waals surface area contributed by atoms with Gasteiger partial charge in [0.1, 0.15) is 5.75 Å². The minimum atomic E-state index is -0.141. The topological polar surface area (TPSA) is 55.6 Å². The Bertz CT molecular complexity index is 1160. The number of anilines is 1. The second-order valence-electron chi connectivity index (χ2n) is 6.76. The predicted octanol–water partition coefficient (Wildman–Crippen LogP) is 5.42. The molecule has 0 atom stereocenters. The fourth-order valence-electron chi connectivity index (χ4n) is 3.22. The van der Waals surface area contributed by atoms with Crippen LogP contribution in [0.2, 0.25) is 10.0 Å². The van der Waals surface area contributed by atoms with Gasteiger partial charge in [0.15, 0.2) is 11.4 Å².